The molecule has 0 aliphatic carbocycles. The monoisotopic (exact) mass is 216 g/mol. The van der Waals surface area contributed by atoms with Crippen LogP contribution in [0.25, 0.3) is 0 Å². The highest BCUT2D eigenvalue weighted by Gasteiger charge is 2.15. The quantitative estimate of drug-likeness (QED) is 0.804. The third-order valence-corrected chi connectivity index (χ3v) is 2.16. The van der Waals surface area contributed by atoms with Gasteiger partial charge in [-0.1, -0.05) is 17.7 Å². The summed E-state index contributed by atoms with van der Waals surface area (Å²) >= 11 is 5.77. The smallest absolute Gasteiger partial charge is 0.337 e. The van der Waals surface area contributed by atoms with Gasteiger partial charge >= 0.3 is 5.97 Å². The Morgan fingerprint density at radius 1 is 1.57 bits per heavy atom. The van der Waals surface area contributed by atoms with Crippen molar-refractivity contribution < 1.29 is 19.7 Å². The van der Waals surface area contributed by atoms with Crippen molar-refractivity contribution in [3.63, 3.8) is 0 Å². The summed E-state index contributed by atoms with van der Waals surface area (Å²) in [6.07, 6.45) is 0. The van der Waals surface area contributed by atoms with Gasteiger partial charge in [0.2, 0.25) is 0 Å². The Morgan fingerprint density at radius 2 is 2.21 bits per heavy atom. The summed E-state index contributed by atoms with van der Waals surface area (Å²) in [5.41, 5.74) is 0.420. The first-order chi connectivity index (χ1) is 6.61. The largest absolute Gasteiger partial charge is 0.495 e. The van der Waals surface area contributed by atoms with E-state index in [4.69, 9.17) is 26.6 Å². The van der Waals surface area contributed by atoms with Crippen LogP contribution in [0.2, 0.25) is 5.02 Å². The number of methoxy groups -OCH3 is 1. The van der Waals surface area contributed by atoms with Gasteiger partial charge in [-0.3, -0.25) is 0 Å². The molecule has 0 bridgehead atoms. The molecule has 4 nitrogen and oxygen atoms in total. The van der Waals surface area contributed by atoms with Gasteiger partial charge in [0.15, 0.2) is 0 Å². The number of ether oxygens (including phenoxy) is 1. The molecule has 0 amide bonds. The van der Waals surface area contributed by atoms with Crippen LogP contribution in [0.3, 0.4) is 0 Å². The van der Waals surface area contributed by atoms with Gasteiger partial charge in [0, 0.05) is 5.56 Å². The summed E-state index contributed by atoms with van der Waals surface area (Å²) in [4.78, 5) is 10.7. The third-order valence-electron chi connectivity index (χ3n) is 1.78. The van der Waals surface area contributed by atoms with Gasteiger partial charge in [0.25, 0.3) is 0 Å². The second-order valence-electron chi connectivity index (χ2n) is 2.58. The normalized spacial score (nSPS) is 9.93. The first kappa shape index (κ1) is 10.8. The SMILES string of the molecule is COc1c(CO)ccc(C(=O)O)c1Cl. The Labute approximate surface area is 85.7 Å². The first-order valence-corrected chi connectivity index (χ1v) is 4.19. The van der Waals surface area contributed by atoms with Crippen LogP contribution < -0.4 is 4.74 Å². The fourth-order valence-corrected chi connectivity index (χ4v) is 1.45. The highest BCUT2D eigenvalue weighted by molar-refractivity contribution is 6.35. The lowest BCUT2D eigenvalue weighted by atomic mass is 10.1. The summed E-state index contributed by atoms with van der Waals surface area (Å²) < 4.78 is 4.90. The van der Waals surface area contributed by atoms with E-state index in [9.17, 15) is 4.79 Å². The number of carboxylic acids is 1. The van der Waals surface area contributed by atoms with Gasteiger partial charge in [-0.2, -0.15) is 0 Å². The minimum Gasteiger partial charge on any atom is -0.495 e. The molecule has 0 unspecified atom stereocenters. The Bertz CT molecular complexity index is 362. The standard InChI is InChI=1S/C9H9ClO4/c1-14-8-5(4-11)2-3-6(7(8)10)9(12)13/h2-3,11H,4H2,1H3,(H,12,13). The zero-order chi connectivity index (χ0) is 10.7. The van der Waals surface area contributed by atoms with E-state index in [0.717, 1.165) is 0 Å². The minimum absolute atomic E-state index is 0.00606. The average molecular weight is 217 g/mol. The lowest BCUT2D eigenvalue weighted by Gasteiger charge is -2.09. The van der Waals surface area contributed by atoms with Crippen molar-refractivity contribution >= 4 is 17.6 Å². The summed E-state index contributed by atoms with van der Waals surface area (Å²) in [6.45, 7) is -0.247. The molecule has 0 aromatic heterocycles. The van der Waals surface area contributed by atoms with Crippen molar-refractivity contribution in [3.8, 4) is 5.75 Å². The number of aliphatic hydroxyl groups is 1. The van der Waals surface area contributed by atoms with E-state index >= 15 is 0 Å². The lowest BCUT2D eigenvalue weighted by Crippen LogP contribution is -2.01. The molecule has 0 radical (unpaired) electrons. The van der Waals surface area contributed by atoms with Crippen LogP contribution in [0.5, 0.6) is 5.75 Å². The third kappa shape index (κ3) is 1.81. The molecular weight excluding hydrogens is 208 g/mol. The molecule has 14 heavy (non-hydrogen) atoms. The maximum atomic E-state index is 10.7. The maximum Gasteiger partial charge on any atom is 0.337 e. The van der Waals surface area contributed by atoms with Crippen LogP contribution in [0.4, 0.5) is 0 Å². The molecule has 0 aliphatic rings. The van der Waals surface area contributed by atoms with Gasteiger partial charge in [0.05, 0.1) is 24.3 Å². The minimum atomic E-state index is -1.13. The van der Waals surface area contributed by atoms with Crippen LogP contribution in [-0.2, 0) is 6.61 Å². The van der Waals surface area contributed by atoms with Crippen LogP contribution in [0.1, 0.15) is 15.9 Å². The summed E-state index contributed by atoms with van der Waals surface area (Å²) in [5.74, 6) is -0.924. The molecule has 5 heteroatoms. The van der Waals surface area contributed by atoms with Crippen molar-refractivity contribution in [2.24, 2.45) is 0 Å². The second kappa shape index (κ2) is 4.30. The zero-order valence-electron chi connectivity index (χ0n) is 7.45. The predicted octanol–water partition coefficient (Wildman–Crippen LogP) is 1.54. The topological polar surface area (TPSA) is 66.8 Å². The highest BCUT2D eigenvalue weighted by Crippen LogP contribution is 2.31. The summed E-state index contributed by atoms with van der Waals surface area (Å²) in [5, 5.41) is 17.7. The Morgan fingerprint density at radius 3 is 2.64 bits per heavy atom. The van der Waals surface area contributed by atoms with Crippen molar-refractivity contribution in [1.29, 1.82) is 0 Å². The van der Waals surface area contributed by atoms with Gasteiger partial charge in [-0.25, -0.2) is 4.79 Å². The Balaban J connectivity index is 3.34. The Hall–Kier alpha value is -1.26. The molecule has 0 saturated carbocycles. The lowest BCUT2D eigenvalue weighted by molar-refractivity contribution is 0.0696. The number of aromatic carboxylic acids is 1. The van der Waals surface area contributed by atoms with E-state index in [1.54, 1.807) is 0 Å². The summed E-state index contributed by atoms with van der Waals surface area (Å²) in [7, 11) is 1.37. The van der Waals surface area contributed by atoms with Gasteiger partial charge in [-0.05, 0) is 6.07 Å². The maximum absolute atomic E-state index is 10.7. The predicted molar refractivity (Wildman–Crippen MR) is 50.9 cm³/mol. The van der Waals surface area contributed by atoms with Gasteiger partial charge < -0.3 is 14.9 Å². The van der Waals surface area contributed by atoms with Gasteiger partial charge in [-0.15, -0.1) is 0 Å². The van der Waals surface area contributed by atoms with E-state index in [2.05, 4.69) is 0 Å². The number of rotatable bonds is 3. The van der Waals surface area contributed by atoms with Crippen molar-refractivity contribution in [3.05, 3.63) is 28.3 Å². The fourth-order valence-electron chi connectivity index (χ4n) is 1.11. The van der Waals surface area contributed by atoms with Crippen LogP contribution >= 0.6 is 11.6 Å². The number of aliphatic hydroxyl groups excluding tert-OH is 1. The highest BCUT2D eigenvalue weighted by atomic mass is 35.5. The number of benzene rings is 1. The molecule has 1 aromatic rings. The molecule has 2 N–H and O–H groups in total. The summed E-state index contributed by atoms with van der Waals surface area (Å²) in [6, 6.07) is 2.80. The van der Waals surface area contributed by atoms with E-state index in [1.165, 1.54) is 19.2 Å². The van der Waals surface area contributed by atoms with Crippen molar-refractivity contribution in [2.75, 3.05) is 7.11 Å². The molecule has 0 fully saturated rings. The van der Waals surface area contributed by atoms with Crippen LogP contribution in [0.15, 0.2) is 12.1 Å². The second-order valence-corrected chi connectivity index (χ2v) is 2.96. The number of carboxylic acid groups (broad SMARTS) is 1. The van der Waals surface area contributed by atoms with Crippen molar-refractivity contribution in [1.82, 2.24) is 0 Å². The molecule has 1 aromatic carbocycles. The molecule has 0 atom stereocenters. The van der Waals surface area contributed by atoms with Crippen LogP contribution in [0, 0.1) is 0 Å². The van der Waals surface area contributed by atoms with Crippen LogP contribution in [-0.4, -0.2) is 23.3 Å². The number of halogens is 1. The van der Waals surface area contributed by atoms with E-state index < -0.39 is 5.97 Å². The molecular formula is C9H9ClO4. The van der Waals surface area contributed by atoms with Gasteiger partial charge in [0.1, 0.15) is 5.75 Å². The molecule has 0 heterocycles. The Kier molecular flexibility index (Phi) is 3.33. The molecule has 0 aliphatic heterocycles. The number of hydrogen-bond donors (Lipinski definition) is 2. The van der Waals surface area contributed by atoms with E-state index in [-0.39, 0.29) is 22.9 Å². The van der Waals surface area contributed by atoms with Crippen molar-refractivity contribution in [2.45, 2.75) is 6.61 Å². The molecule has 0 saturated heterocycles. The zero-order valence-corrected chi connectivity index (χ0v) is 8.21. The molecule has 0 spiro atoms. The molecule has 1 rings (SSSR count). The average Bonchev–Trinajstić information content (AvgIpc) is 2.16. The van der Waals surface area contributed by atoms with E-state index in [1.807, 2.05) is 0 Å². The number of hydrogen-bond acceptors (Lipinski definition) is 3. The van der Waals surface area contributed by atoms with E-state index in [0.29, 0.717) is 5.56 Å². The molecule has 76 valence electrons. The fraction of sp³-hybridized carbons (Fsp3) is 0.222. The number of carbonyl (C=O) groups is 1. The first-order valence-electron chi connectivity index (χ1n) is 3.81.